The summed E-state index contributed by atoms with van der Waals surface area (Å²) in [5, 5.41) is 26.2. The summed E-state index contributed by atoms with van der Waals surface area (Å²) < 4.78 is 5.72. The van der Waals surface area contributed by atoms with Crippen molar-refractivity contribution in [3.05, 3.63) is 57.8 Å². The number of amides is 1. The van der Waals surface area contributed by atoms with Crippen LogP contribution in [0.15, 0.2) is 56.5 Å². The van der Waals surface area contributed by atoms with E-state index in [4.69, 9.17) is 9.83 Å². The van der Waals surface area contributed by atoms with Crippen LogP contribution in [-0.4, -0.2) is 31.9 Å². The lowest BCUT2D eigenvalue weighted by Gasteiger charge is -2.19. The summed E-state index contributed by atoms with van der Waals surface area (Å²) in [5.41, 5.74) is 0.551. The van der Waals surface area contributed by atoms with Crippen LogP contribution in [0.5, 0.6) is 0 Å². The lowest BCUT2D eigenvalue weighted by molar-refractivity contribution is -0.384. The predicted octanol–water partition coefficient (Wildman–Crippen LogP) is 4.13. The molecule has 2 aliphatic rings. The minimum atomic E-state index is -0.540. The number of rotatable bonds is 4. The van der Waals surface area contributed by atoms with Crippen LogP contribution in [0.2, 0.25) is 0 Å². The first-order valence-electron chi connectivity index (χ1n) is 8.68. The molecule has 0 saturated carbocycles. The van der Waals surface area contributed by atoms with Gasteiger partial charge in [0.05, 0.1) is 10.5 Å². The maximum atomic E-state index is 12.4. The third-order valence-electron chi connectivity index (χ3n) is 4.22. The fourth-order valence-corrected chi connectivity index (χ4v) is 3.63. The Balaban J connectivity index is 1.64. The third kappa shape index (κ3) is 3.49. The number of non-ortho nitro benzene ring substituents is 1. The van der Waals surface area contributed by atoms with Crippen LogP contribution >= 0.6 is 11.8 Å². The van der Waals surface area contributed by atoms with Crippen LogP contribution in [0.25, 0.3) is 17.4 Å². The van der Waals surface area contributed by atoms with E-state index in [-0.39, 0.29) is 23.0 Å². The molecule has 29 heavy (non-hydrogen) atoms. The molecular weight excluding hydrogens is 394 g/mol. The number of hydrogen-bond donors (Lipinski definition) is 1. The Morgan fingerprint density at radius 3 is 2.83 bits per heavy atom. The zero-order valence-electron chi connectivity index (χ0n) is 15.4. The summed E-state index contributed by atoms with van der Waals surface area (Å²) >= 11 is 1.28. The summed E-state index contributed by atoms with van der Waals surface area (Å²) in [7, 11) is 0. The summed E-state index contributed by atoms with van der Waals surface area (Å²) in [4.78, 5) is 26.9. The number of nitro groups is 1. The van der Waals surface area contributed by atoms with Gasteiger partial charge in [0.25, 0.3) is 11.6 Å². The Morgan fingerprint density at radius 1 is 1.31 bits per heavy atom. The number of nitro benzene ring substituents is 1. The number of aliphatic imine (C=N–C) groups is 1. The highest BCUT2D eigenvalue weighted by atomic mass is 32.2. The molecule has 0 aliphatic carbocycles. The highest BCUT2D eigenvalue weighted by Gasteiger charge is 2.36. The molecule has 0 spiro atoms. The molecule has 9 nitrogen and oxygen atoms in total. The van der Waals surface area contributed by atoms with Crippen molar-refractivity contribution in [2.45, 2.75) is 13.8 Å². The molecule has 4 rings (SSSR count). The zero-order valence-corrected chi connectivity index (χ0v) is 16.3. The molecule has 1 aromatic heterocycles. The number of nitrogens with zero attached hydrogens (tertiary/aromatic N) is 4. The first-order chi connectivity index (χ1) is 13.8. The van der Waals surface area contributed by atoms with Gasteiger partial charge in [0.15, 0.2) is 5.84 Å². The Hall–Kier alpha value is -3.53. The van der Waals surface area contributed by atoms with Gasteiger partial charge < -0.3 is 4.42 Å². The summed E-state index contributed by atoms with van der Waals surface area (Å²) in [6.45, 7) is 3.96. The van der Waals surface area contributed by atoms with Crippen LogP contribution in [0.1, 0.15) is 19.6 Å². The smallest absolute Gasteiger partial charge is 0.283 e. The molecule has 1 N–H and O–H groups in total. The number of nitrogens with one attached hydrogen (secondary N) is 1. The normalized spacial score (nSPS) is 17.6. The van der Waals surface area contributed by atoms with E-state index in [0.717, 1.165) is 5.04 Å². The van der Waals surface area contributed by atoms with Gasteiger partial charge in [-0.3, -0.25) is 20.3 Å². The molecule has 146 valence electrons. The second-order valence-electron chi connectivity index (χ2n) is 6.62. The van der Waals surface area contributed by atoms with Gasteiger partial charge in [-0.05, 0) is 30.0 Å². The standard InChI is InChI=1S/C19H15N5O4S/c1-10(2)18-22-23-16(20)14(17(25)21-19(23)29-18)9-13-6-7-15(28-13)11-4-3-5-12(8-11)24(26)27/h3-10,20H,1-2H3/b14-9-,20-16?. The van der Waals surface area contributed by atoms with Crippen LogP contribution in [0.3, 0.4) is 0 Å². The highest BCUT2D eigenvalue weighted by Crippen LogP contribution is 2.32. The average Bonchev–Trinajstić information content (AvgIpc) is 3.32. The first-order valence-corrected chi connectivity index (χ1v) is 9.50. The Kier molecular flexibility index (Phi) is 4.63. The van der Waals surface area contributed by atoms with Gasteiger partial charge in [-0.25, -0.2) is 0 Å². The van der Waals surface area contributed by atoms with E-state index in [1.165, 1.54) is 35.0 Å². The largest absolute Gasteiger partial charge is 0.457 e. The second-order valence-corrected chi connectivity index (χ2v) is 7.61. The van der Waals surface area contributed by atoms with E-state index < -0.39 is 10.8 Å². The van der Waals surface area contributed by atoms with Crippen molar-refractivity contribution in [2.24, 2.45) is 16.0 Å². The van der Waals surface area contributed by atoms with Gasteiger partial charge in [-0.1, -0.05) is 26.0 Å². The van der Waals surface area contributed by atoms with Crippen LogP contribution in [-0.2, 0) is 4.79 Å². The minimum absolute atomic E-state index is 0.0461. The number of carbonyl (C=O) groups is 1. The van der Waals surface area contributed by atoms with Crippen LogP contribution in [0.4, 0.5) is 5.69 Å². The SMILES string of the molecule is CC(C)C1=NN2C(=N)/C(=C/c3ccc(-c4cccc([N+](=O)[O-])c4)o3)C(=O)N=C2S1. The predicted molar refractivity (Wildman–Crippen MR) is 111 cm³/mol. The minimum Gasteiger partial charge on any atom is -0.457 e. The number of hydrazone groups is 1. The van der Waals surface area contributed by atoms with Gasteiger partial charge in [-0.2, -0.15) is 15.1 Å². The maximum absolute atomic E-state index is 12.4. The number of hydrogen-bond acceptors (Lipinski definition) is 7. The number of amidine groups is 2. The molecule has 0 saturated heterocycles. The fraction of sp³-hybridized carbons (Fsp3) is 0.158. The molecule has 2 aromatic rings. The molecule has 0 atom stereocenters. The molecule has 1 amide bonds. The molecule has 0 unspecified atom stereocenters. The molecule has 0 bridgehead atoms. The van der Waals surface area contributed by atoms with E-state index in [2.05, 4.69) is 10.1 Å². The third-order valence-corrected chi connectivity index (χ3v) is 5.43. The van der Waals surface area contributed by atoms with Crippen LogP contribution < -0.4 is 0 Å². The Morgan fingerprint density at radius 2 is 2.10 bits per heavy atom. The number of fused-ring (bicyclic) bond motifs is 1. The maximum Gasteiger partial charge on any atom is 0.283 e. The highest BCUT2D eigenvalue weighted by molar-refractivity contribution is 8.27. The van der Waals surface area contributed by atoms with E-state index in [0.29, 0.717) is 22.3 Å². The summed E-state index contributed by atoms with van der Waals surface area (Å²) in [5.74, 6) is 0.291. The number of thioether (sulfide) groups is 1. The van der Waals surface area contributed by atoms with Gasteiger partial charge >= 0.3 is 0 Å². The molecule has 0 fully saturated rings. The van der Waals surface area contributed by atoms with Gasteiger partial charge in [-0.15, -0.1) is 0 Å². The monoisotopic (exact) mass is 409 g/mol. The number of carbonyl (C=O) groups excluding carboxylic acids is 1. The molecular formula is C19H15N5O4S. The quantitative estimate of drug-likeness (QED) is 0.460. The van der Waals surface area contributed by atoms with E-state index in [1.807, 2.05) is 13.8 Å². The van der Waals surface area contributed by atoms with E-state index in [1.54, 1.807) is 24.3 Å². The van der Waals surface area contributed by atoms with Crippen molar-refractivity contribution in [3.63, 3.8) is 0 Å². The van der Waals surface area contributed by atoms with Gasteiger partial charge in [0, 0.05) is 23.6 Å². The Bertz CT molecular complexity index is 1140. The molecule has 1 aromatic carbocycles. The van der Waals surface area contributed by atoms with Gasteiger partial charge in [0.1, 0.15) is 16.6 Å². The molecule has 0 radical (unpaired) electrons. The topological polar surface area (TPSA) is 125 Å². The first kappa shape index (κ1) is 18.8. The molecule has 2 aliphatic heterocycles. The van der Waals surface area contributed by atoms with E-state index >= 15 is 0 Å². The lowest BCUT2D eigenvalue weighted by atomic mass is 10.1. The number of furan rings is 1. The van der Waals surface area contributed by atoms with Crippen LogP contribution in [0, 0.1) is 21.4 Å². The lowest BCUT2D eigenvalue weighted by Crippen LogP contribution is -2.35. The van der Waals surface area contributed by atoms with Crippen molar-refractivity contribution in [1.29, 1.82) is 5.41 Å². The molecule has 3 heterocycles. The van der Waals surface area contributed by atoms with E-state index in [9.17, 15) is 14.9 Å². The van der Waals surface area contributed by atoms with Crippen molar-refractivity contribution in [1.82, 2.24) is 5.01 Å². The van der Waals surface area contributed by atoms with Crippen molar-refractivity contribution in [2.75, 3.05) is 0 Å². The molecule has 10 heteroatoms. The summed E-state index contributed by atoms with van der Waals surface area (Å²) in [6, 6.07) is 9.34. The average molecular weight is 409 g/mol. The van der Waals surface area contributed by atoms with Crippen molar-refractivity contribution < 1.29 is 14.1 Å². The Labute approximate surface area is 169 Å². The van der Waals surface area contributed by atoms with Crippen molar-refractivity contribution >= 4 is 45.5 Å². The van der Waals surface area contributed by atoms with Gasteiger partial charge in [0.2, 0.25) is 5.17 Å². The summed E-state index contributed by atoms with van der Waals surface area (Å²) in [6.07, 6.45) is 1.43. The second kappa shape index (κ2) is 7.13. The fourth-order valence-electron chi connectivity index (χ4n) is 2.74. The van der Waals surface area contributed by atoms with Crippen molar-refractivity contribution in [3.8, 4) is 11.3 Å². The zero-order chi connectivity index (χ0) is 20.7. The number of benzene rings is 1.